The van der Waals surface area contributed by atoms with Gasteiger partial charge >= 0.3 is 0 Å². The van der Waals surface area contributed by atoms with Crippen LogP contribution >= 0.6 is 0 Å². The van der Waals surface area contributed by atoms with Crippen LogP contribution in [0.25, 0.3) is 0 Å². The van der Waals surface area contributed by atoms with Crippen molar-refractivity contribution in [1.29, 1.82) is 0 Å². The highest BCUT2D eigenvalue weighted by molar-refractivity contribution is 5.36. The van der Waals surface area contributed by atoms with E-state index < -0.39 is 0 Å². The van der Waals surface area contributed by atoms with E-state index in [-0.39, 0.29) is 11.9 Å². The minimum absolute atomic E-state index is 0.280. The molecule has 1 atom stereocenters. The van der Waals surface area contributed by atoms with Gasteiger partial charge in [-0.1, -0.05) is 6.92 Å². The van der Waals surface area contributed by atoms with E-state index in [2.05, 4.69) is 12.0 Å². The van der Waals surface area contributed by atoms with Gasteiger partial charge in [0.15, 0.2) is 0 Å². The van der Waals surface area contributed by atoms with Crippen LogP contribution in [0.2, 0.25) is 0 Å². The summed E-state index contributed by atoms with van der Waals surface area (Å²) in [6.07, 6.45) is 0.891. The number of halogens is 1. The molecule has 0 radical (unpaired) electrons. The Morgan fingerprint density at radius 1 is 1.33 bits per heavy atom. The molecular formula is C16H22FN3O. The van der Waals surface area contributed by atoms with Gasteiger partial charge in [-0.2, -0.15) is 5.10 Å². The molecule has 0 fully saturated rings. The maximum Gasteiger partial charge on any atom is 0.130 e. The molecule has 4 nitrogen and oxygen atoms in total. The van der Waals surface area contributed by atoms with Crippen LogP contribution in [-0.4, -0.2) is 9.78 Å². The van der Waals surface area contributed by atoms with Crippen LogP contribution in [0, 0.1) is 5.82 Å². The van der Waals surface area contributed by atoms with Crippen molar-refractivity contribution in [1.82, 2.24) is 9.78 Å². The number of nitrogens with two attached hydrogens (primary N) is 1. The summed E-state index contributed by atoms with van der Waals surface area (Å²) in [7, 11) is 0. The van der Waals surface area contributed by atoms with Crippen molar-refractivity contribution in [2.45, 2.75) is 46.4 Å². The summed E-state index contributed by atoms with van der Waals surface area (Å²) in [5.41, 5.74) is 8.60. The number of benzene rings is 1. The van der Waals surface area contributed by atoms with Crippen LogP contribution in [0.5, 0.6) is 5.75 Å². The lowest BCUT2D eigenvalue weighted by molar-refractivity contribution is 0.287. The maximum atomic E-state index is 13.3. The molecular weight excluding hydrogens is 269 g/mol. The molecule has 0 aliphatic rings. The second-order valence-electron chi connectivity index (χ2n) is 5.06. The Morgan fingerprint density at radius 3 is 2.71 bits per heavy atom. The van der Waals surface area contributed by atoms with Crippen molar-refractivity contribution in [3.05, 3.63) is 47.0 Å². The number of nitrogens with zero attached hydrogens (tertiary/aromatic N) is 2. The smallest absolute Gasteiger partial charge is 0.130 e. The van der Waals surface area contributed by atoms with Crippen LogP contribution in [0.3, 0.4) is 0 Å². The molecule has 0 saturated heterocycles. The van der Waals surface area contributed by atoms with Crippen molar-refractivity contribution < 1.29 is 9.13 Å². The van der Waals surface area contributed by atoms with Gasteiger partial charge < -0.3 is 10.5 Å². The van der Waals surface area contributed by atoms with Gasteiger partial charge in [0.1, 0.15) is 18.2 Å². The van der Waals surface area contributed by atoms with Crippen molar-refractivity contribution >= 4 is 0 Å². The quantitative estimate of drug-likeness (QED) is 0.889. The van der Waals surface area contributed by atoms with Crippen molar-refractivity contribution in [2.75, 3.05) is 0 Å². The highest BCUT2D eigenvalue weighted by Gasteiger charge is 2.12. The van der Waals surface area contributed by atoms with Gasteiger partial charge in [-0.25, -0.2) is 4.39 Å². The molecule has 0 amide bonds. The highest BCUT2D eigenvalue weighted by Crippen LogP contribution is 2.25. The average Bonchev–Trinajstić information content (AvgIpc) is 2.88. The molecule has 0 bridgehead atoms. The zero-order valence-electron chi connectivity index (χ0n) is 12.8. The molecule has 1 aromatic carbocycles. The Morgan fingerprint density at radius 2 is 2.10 bits per heavy atom. The van der Waals surface area contributed by atoms with E-state index in [1.54, 1.807) is 6.07 Å². The summed E-state index contributed by atoms with van der Waals surface area (Å²) in [5, 5.41) is 4.48. The van der Waals surface area contributed by atoms with Crippen LogP contribution in [0.15, 0.2) is 24.3 Å². The predicted molar refractivity (Wildman–Crippen MR) is 80.6 cm³/mol. The molecule has 114 valence electrons. The summed E-state index contributed by atoms with van der Waals surface area (Å²) < 4.78 is 21.1. The lowest BCUT2D eigenvalue weighted by Gasteiger charge is -2.14. The minimum Gasteiger partial charge on any atom is -0.487 e. The fourth-order valence-corrected chi connectivity index (χ4v) is 2.24. The second-order valence-corrected chi connectivity index (χ2v) is 5.06. The number of aryl methyl sites for hydroxylation is 2. The Balaban J connectivity index is 2.18. The first kappa shape index (κ1) is 15.5. The molecule has 21 heavy (non-hydrogen) atoms. The molecule has 0 aliphatic carbocycles. The van der Waals surface area contributed by atoms with Gasteiger partial charge in [0.05, 0.1) is 11.4 Å². The lowest BCUT2D eigenvalue weighted by atomic mass is 10.1. The number of rotatable bonds is 6. The normalized spacial score (nSPS) is 12.4. The fraction of sp³-hybridized carbons (Fsp3) is 0.438. The van der Waals surface area contributed by atoms with E-state index in [1.807, 2.05) is 24.6 Å². The predicted octanol–water partition coefficient (Wildman–Crippen LogP) is 3.20. The molecule has 5 heteroatoms. The first-order valence-corrected chi connectivity index (χ1v) is 7.28. The van der Waals surface area contributed by atoms with Crippen molar-refractivity contribution in [3.63, 3.8) is 0 Å². The Kier molecular flexibility index (Phi) is 4.96. The van der Waals surface area contributed by atoms with E-state index in [0.29, 0.717) is 17.9 Å². The van der Waals surface area contributed by atoms with Crippen LogP contribution < -0.4 is 10.5 Å². The van der Waals surface area contributed by atoms with Gasteiger partial charge in [-0.3, -0.25) is 4.68 Å². The molecule has 2 rings (SSSR count). The van der Waals surface area contributed by atoms with Gasteiger partial charge in [-0.15, -0.1) is 0 Å². The Hall–Kier alpha value is -1.88. The number of hydrogen-bond acceptors (Lipinski definition) is 3. The first-order valence-electron chi connectivity index (χ1n) is 7.28. The zero-order valence-corrected chi connectivity index (χ0v) is 12.8. The van der Waals surface area contributed by atoms with E-state index in [0.717, 1.165) is 24.4 Å². The summed E-state index contributed by atoms with van der Waals surface area (Å²) in [6.45, 7) is 7.12. The Labute approximate surface area is 124 Å². The van der Waals surface area contributed by atoms with Crippen LogP contribution in [0.1, 0.15) is 43.8 Å². The van der Waals surface area contributed by atoms with Gasteiger partial charge in [-0.05, 0) is 44.5 Å². The number of aromatic nitrogens is 2. The Bertz CT molecular complexity index is 608. The molecule has 0 saturated carbocycles. The fourth-order valence-electron chi connectivity index (χ4n) is 2.24. The van der Waals surface area contributed by atoms with Gasteiger partial charge in [0.25, 0.3) is 0 Å². The molecule has 2 aromatic rings. The monoisotopic (exact) mass is 291 g/mol. The summed E-state index contributed by atoms with van der Waals surface area (Å²) in [6, 6.07) is 6.20. The third-order valence-electron chi connectivity index (χ3n) is 3.41. The molecule has 2 N–H and O–H groups in total. The molecule has 0 unspecified atom stereocenters. The van der Waals surface area contributed by atoms with Crippen LogP contribution in [-0.2, 0) is 19.6 Å². The SMILES string of the molecule is CCc1cc(COc2ccc(F)cc2[C@@H](C)N)n(CC)n1. The third-order valence-corrected chi connectivity index (χ3v) is 3.41. The second kappa shape index (κ2) is 6.72. The maximum absolute atomic E-state index is 13.3. The van der Waals surface area contributed by atoms with E-state index in [4.69, 9.17) is 10.5 Å². The first-order chi connectivity index (χ1) is 10.0. The van der Waals surface area contributed by atoms with Gasteiger partial charge in [0, 0.05) is 18.2 Å². The zero-order chi connectivity index (χ0) is 15.4. The van der Waals surface area contributed by atoms with Crippen LogP contribution in [0.4, 0.5) is 4.39 Å². The van der Waals surface area contributed by atoms with Crippen molar-refractivity contribution in [3.8, 4) is 5.75 Å². The number of ether oxygens (including phenoxy) is 1. The van der Waals surface area contributed by atoms with E-state index >= 15 is 0 Å². The molecule has 1 heterocycles. The third kappa shape index (κ3) is 3.61. The molecule has 0 spiro atoms. The van der Waals surface area contributed by atoms with Crippen molar-refractivity contribution in [2.24, 2.45) is 5.73 Å². The topological polar surface area (TPSA) is 53.1 Å². The largest absolute Gasteiger partial charge is 0.487 e. The summed E-state index contributed by atoms with van der Waals surface area (Å²) in [4.78, 5) is 0. The average molecular weight is 291 g/mol. The van der Waals surface area contributed by atoms with E-state index in [1.165, 1.54) is 12.1 Å². The lowest BCUT2D eigenvalue weighted by Crippen LogP contribution is -2.10. The molecule has 1 aromatic heterocycles. The standard InChI is InChI=1S/C16H22FN3O/c1-4-13-9-14(20(5-2)19-13)10-21-16-7-6-12(17)8-15(16)11(3)18/h6-9,11H,4-5,10,18H2,1-3H3/t11-/m1/s1. The van der Waals surface area contributed by atoms with E-state index in [9.17, 15) is 4.39 Å². The number of hydrogen-bond donors (Lipinski definition) is 1. The highest BCUT2D eigenvalue weighted by atomic mass is 19.1. The minimum atomic E-state index is -0.304. The molecule has 0 aliphatic heterocycles. The van der Waals surface area contributed by atoms with Gasteiger partial charge in [0.2, 0.25) is 0 Å². The summed E-state index contributed by atoms with van der Waals surface area (Å²) in [5.74, 6) is 0.315. The summed E-state index contributed by atoms with van der Waals surface area (Å²) >= 11 is 0.